The quantitative estimate of drug-likeness (QED) is 0.779. The maximum absolute atomic E-state index is 5.35. The van der Waals surface area contributed by atoms with Crippen molar-refractivity contribution in [3.63, 3.8) is 0 Å². The molecule has 3 atom stereocenters. The zero-order valence-corrected chi connectivity index (χ0v) is 12.2. The fourth-order valence-electron chi connectivity index (χ4n) is 3.83. The second-order valence-corrected chi connectivity index (χ2v) is 6.06. The summed E-state index contributed by atoms with van der Waals surface area (Å²) in [5, 5.41) is 3.57. The van der Waals surface area contributed by atoms with Gasteiger partial charge in [-0.2, -0.15) is 0 Å². The Bertz CT molecular complexity index is 233. The molecule has 1 heterocycles. The third-order valence-electron chi connectivity index (χ3n) is 4.77. The summed E-state index contributed by atoms with van der Waals surface area (Å²) in [7, 11) is 3.97. The second kappa shape index (κ2) is 7.46. The summed E-state index contributed by atoms with van der Waals surface area (Å²) in [4.78, 5) is 2.75. The molecule has 1 aliphatic carbocycles. The summed E-state index contributed by atoms with van der Waals surface area (Å²) >= 11 is 0. The molecule has 2 fully saturated rings. The molecule has 3 unspecified atom stereocenters. The molecule has 0 aromatic rings. The van der Waals surface area contributed by atoms with Crippen molar-refractivity contribution in [2.75, 3.05) is 33.9 Å². The van der Waals surface area contributed by atoms with Crippen LogP contribution in [0.3, 0.4) is 0 Å². The molecule has 18 heavy (non-hydrogen) atoms. The summed E-state index contributed by atoms with van der Waals surface area (Å²) in [6.07, 6.45) is 9.66. The SMILES string of the molecule is CNC1CCCCCC1N1CCCC(COC)C1. The van der Waals surface area contributed by atoms with Gasteiger partial charge in [-0.15, -0.1) is 0 Å². The number of piperidine rings is 1. The molecule has 3 nitrogen and oxygen atoms in total. The highest BCUT2D eigenvalue weighted by atomic mass is 16.5. The highest BCUT2D eigenvalue weighted by Crippen LogP contribution is 2.27. The fraction of sp³-hybridized carbons (Fsp3) is 1.00. The first-order valence-corrected chi connectivity index (χ1v) is 7.75. The van der Waals surface area contributed by atoms with Crippen molar-refractivity contribution < 1.29 is 4.74 Å². The second-order valence-electron chi connectivity index (χ2n) is 6.06. The van der Waals surface area contributed by atoms with E-state index < -0.39 is 0 Å². The van der Waals surface area contributed by atoms with Crippen LogP contribution >= 0.6 is 0 Å². The predicted molar refractivity (Wildman–Crippen MR) is 75.9 cm³/mol. The van der Waals surface area contributed by atoms with Gasteiger partial charge in [-0.3, -0.25) is 4.90 Å². The van der Waals surface area contributed by atoms with Gasteiger partial charge in [0.2, 0.25) is 0 Å². The van der Waals surface area contributed by atoms with Crippen molar-refractivity contribution in [3.8, 4) is 0 Å². The summed E-state index contributed by atoms with van der Waals surface area (Å²) in [5.41, 5.74) is 0. The first-order valence-electron chi connectivity index (χ1n) is 7.75. The monoisotopic (exact) mass is 254 g/mol. The van der Waals surface area contributed by atoms with E-state index in [4.69, 9.17) is 4.74 Å². The Kier molecular flexibility index (Phi) is 5.93. The maximum atomic E-state index is 5.35. The molecule has 1 saturated heterocycles. The van der Waals surface area contributed by atoms with Crippen molar-refractivity contribution in [2.24, 2.45) is 5.92 Å². The van der Waals surface area contributed by atoms with E-state index in [-0.39, 0.29) is 0 Å². The van der Waals surface area contributed by atoms with Gasteiger partial charge in [0, 0.05) is 25.7 Å². The fourth-order valence-corrected chi connectivity index (χ4v) is 3.83. The van der Waals surface area contributed by atoms with Gasteiger partial charge < -0.3 is 10.1 Å². The third-order valence-corrected chi connectivity index (χ3v) is 4.77. The van der Waals surface area contributed by atoms with E-state index in [0.717, 1.165) is 18.6 Å². The number of ether oxygens (including phenoxy) is 1. The van der Waals surface area contributed by atoms with E-state index >= 15 is 0 Å². The minimum Gasteiger partial charge on any atom is -0.384 e. The van der Waals surface area contributed by atoms with Crippen LogP contribution in [-0.4, -0.2) is 50.8 Å². The Hall–Kier alpha value is -0.120. The Morgan fingerprint density at radius 2 is 1.94 bits per heavy atom. The van der Waals surface area contributed by atoms with Crippen LogP contribution in [0.1, 0.15) is 44.9 Å². The van der Waals surface area contributed by atoms with Gasteiger partial charge in [-0.1, -0.05) is 19.3 Å². The normalized spacial score (nSPS) is 35.3. The Morgan fingerprint density at radius 1 is 1.11 bits per heavy atom. The summed E-state index contributed by atoms with van der Waals surface area (Å²) < 4.78 is 5.35. The summed E-state index contributed by atoms with van der Waals surface area (Å²) in [6, 6.07) is 1.46. The molecule has 1 saturated carbocycles. The van der Waals surface area contributed by atoms with Crippen LogP contribution in [0.4, 0.5) is 0 Å². The van der Waals surface area contributed by atoms with Crippen LogP contribution in [0.5, 0.6) is 0 Å². The van der Waals surface area contributed by atoms with E-state index in [0.29, 0.717) is 6.04 Å². The lowest BCUT2D eigenvalue weighted by molar-refractivity contribution is 0.0548. The third kappa shape index (κ3) is 3.69. The van der Waals surface area contributed by atoms with Gasteiger partial charge in [0.25, 0.3) is 0 Å². The van der Waals surface area contributed by atoms with Crippen LogP contribution in [0.25, 0.3) is 0 Å². The topological polar surface area (TPSA) is 24.5 Å². The van der Waals surface area contributed by atoms with E-state index in [1.165, 1.54) is 58.0 Å². The summed E-state index contributed by atoms with van der Waals surface area (Å²) in [6.45, 7) is 3.48. The molecule has 3 heteroatoms. The first kappa shape index (κ1) is 14.3. The van der Waals surface area contributed by atoms with E-state index in [2.05, 4.69) is 17.3 Å². The van der Waals surface area contributed by atoms with Crippen molar-refractivity contribution >= 4 is 0 Å². The predicted octanol–water partition coefficient (Wildman–Crippen LogP) is 2.27. The maximum Gasteiger partial charge on any atom is 0.0502 e. The molecule has 1 N–H and O–H groups in total. The zero-order chi connectivity index (χ0) is 12.8. The van der Waals surface area contributed by atoms with E-state index in [1.54, 1.807) is 0 Å². The van der Waals surface area contributed by atoms with Crippen LogP contribution in [0.15, 0.2) is 0 Å². The molecule has 0 radical (unpaired) electrons. The standard InChI is InChI=1S/C15H30N2O/c1-16-14-8-4-3-5-9-15(14)17-10-6-7-13(11-17)12-18-2/h13-16H,3-12H2,1-2H3. The molecular formula is C15H30N2O. The highest BCUT2D eigenvalue weighted by Gasteiger charge is 2.31. The largest absolute Gasteiger partial charge is 0.384 e. The molecule has 1 aliphatic heterocycles. The average Bonchev–Trinajstić information content (AvgIpc) is 2.64. The van der Waals surface area contributed by atoms with Crippen molar-refractivity contribution in [1.82, 2.24) is 10.2 Å². The molecule has 2 aliphatic rings. The highest BCUT2D eigenvalue weighted by molar-refractivity contribution is 4.88. The Labute approximate surface area is 112 Å². The van der Waals surface area contributed by atoms with Crippen LogP contribution in [-0.2, 0) is 4.74 Å². The van der Waals surface area contributed by atoms with Gasteiger partial charge in [0.05, 0.1) is 6.61 Å². The number of likely N-dealkylation sites (N-methyl/N-ethyl adjacent to an activating group) is 1. The Morgan fingerprint density at radius 3 is 2.72 bits per heavy atom. The number of rotatable bonds is 4. The lowest BCUT2D eigenvalue weighted by atomic mass is 9.93. The van der Waals surface area contributed by atoms with Crippen molar-refractivity contribution in [1.29, 1.82) is 0 Å². The molecule has 0 bridgehead atoms. The number of hydrogen-bond donors (Lipinski definition) is 1. The lowest BCUT2D eigenvalue weighted by Crippen LogP contribution is -2.52. The van der Waals surface area contributed by atoms with E-state index in [9.17, 15) is 0 Å². The molecule has 0 aromatic carbocycles. The first-order chi connectivity index (χ1) is 8.85. The van der Waals surface area contributed by atoms with Crippen molar-refractivity contribution in [2.45, 2.75) is 57.0 Å². The van der Waals surface area contributed by atoms with Gasteiger partial charge in [-0.05, 0) is 45.2 Å². The molecular weight excluding hydrogens is 224 g/mol. The van der Waals surface area contributed by atoms with Gasteiger partial charge >= 0.3 is 0 Å². The number of likely N-dealkylation sites (tertiary alicyclic amines) is 1. The van der Waals surface area contributed by atoms with Gasteiger partial charge in [-0.25, -0.2) is 0 Å². The molecule has 0 aromatic heterocycles. The number of methoxy groups -OCH3 is 1. The van der Waals surface area contributed by atoms with Gasteiger partial charge in [0.15, 0.2) is 0 Å². The Balaban J connectivity index is 1.94. The molecule has 106 valence electrons. The number of nitrogens with one attached hydrogen (secondary N) is 1. The lowest BCUT2D eigenvalue weighted by Gasteiger charge is -2.41. The molecule has 2 rings (SSSR count). The zero-order valence-electron chi connectivity index (χ0n) is 12.2. The minimum absolute atomic E-state index is 0.703. The van der Waals surface area contributed by atoms with Crippen LogP contribution in [0.2, 0.25) is 0 Å². The van der Waals surface area contributed by atoms with Crippen LogP contribution in [0, 0.1) is 5.92 Å². The van der Waals surface area contributed by atoms with E-state index in [1.807, 2.05) is 7.11 Å². The average molecular weight is 254 g/mol. The van der Waals surface area contributed by atoms with Crippen LogP contribution < -0.4 is 5.32 Å². The van der Waals surface area contributed by atoms with Gasteiger partial charge in [0.1, 0.15) is 0 Å². The molecule has 0 spiro atoms. The minimum atomic E-state index is 0.703. The number of nitrogens with zero attached hydrogens (tertiary/aromatic N) is 1. The smallest absolute Gasteiger partial charge is 0.0502 e. The summed E-state index contributed by atoms with van der Waals surface area (Å²) in [5.74, 6) is 0.754. The number of hydrogen-bond acceptors (Lipinski definition) is 3. The van der Waals surface area contributed by atoms with Crippen molar-refractivity contribution in [3.05, 3.63) is 0 Å². The molecule has 0 amide bonds.